The fourth-order valence-corrected chi connectivity index (χ4v) is 1.92. The SMILES string of the molecule is O=C(C(Cl)=Cc1ccccc1)N1CCOCC1. The standard InChI is InChI=1S/C13H14ClNO2/c14-12(10-11-4-2-1-3-5-11)13(16)15-6-8-17-9-7-15/h1-5,10H,6-9H2. The maximum absolute atomic E-state index is 12.0. The van der Waals surface area contributed by atoms with Crippen molar-refractivity contribution in [3.8, 4) is 0 Å². The zero-order valence-electron chi connectivity index (χ0n) is 9.43. The second-order valence-electron chi connectivity index (χ2n) is 3.81. The highest BCUT2D eigenvalue weighted by molar-refractivity contribution is 6.44. The van der Waals surface area contributed by atoms with Crippen molar-refractivity contribution >= 4 is 23.6 Å². The van der Waals surface area contributed by atoms with Crippen LogP contribution in [0.3, 0.4) is 0 Å². The van der Waals surface area contributed by atoms with Crippen molar-refractivity contribution < 1.29 is 9.53 Å². The molecule has 0 spiro atoms. The highest BCUT2D eigenvalue weighted by Crippen LogP contribution is 2.14. The Morgan fingerprint density at radius 3 is 2.53 bits per heavy atom. The topological polar surface area (TPSA) is 29.5 Å². The second kappa shape index (κ2) is 5.84. The fraction of sp³-hybridized carbons (Fsp3) is 0.308. The molecule has 1 aliphatic rings. The highest BCUT2D eigenvalue weighted by Gasteiger charge is 2.19. The third kappa shape index (κ3) is 3.32. The summed E-state index contributed by atoms with van der Waals surface area (Å²) in [5, 5.41) is 0.248. The first-order chi connectivity index (χ1) is 8.27. The van der Waals surface area contributed by atoms with E-state index in [-0.39, 0.29) is 10.9 Å². The normalized spacial score (nSPS) is 17.0. The Kier molecular flexibility index (Phi) is 4.18. The van der Waals surface area contributed by atoms with Gasteiger partial charge in [0.1, 0.15) is 5.03 Å². The minimum Gasteiger partial charge on any atom is -0.378 e. The average molecular weight is 252 g/mol. The molecule has 1 aliphatic heterocycles. The molecule has 0 atom stereocenters. The predicted molar refractivity (Wildman–Crippen MR) is 67.7 cm³/mol. The molecule has 3 nitrogen and oxygen atoms in total. The molecule has 17 heavy (non-hydrogen) atoms. The molecule has 90 valence electrons. The number of halogens is 1. The summed E-state index contributed by atoms with van der Waals surface area (Å²) in [4.78, 5) is 13.7. The van der Waals surface area contributed by atoms with Crippen molar-refractivity contribution in [1.29, 1.82) is 0 Å². The van der Waals surface area contributed by atoms with E-state index in [4.69, 9.17) is 16.3 Å². The van der Waals surface area contributed by atoms with Crippen LogP contribution in [0.1, 0.15) is 5.56 Å². The average Bonchev–Trinajstić information content (AvgIpc) is 2.40. The molecule has 0 aromatic heterocycles. The minimum absolute atomic E-state index is 0.126. The first-order valence-corrected chi connectivity index (χ1v) is 5.94. The van der Waals surface area contributed by atoms with Crippen LogP contribution in [0.4, 0.5) is 0 Å². The zero-order valence-corrected chi connectivity index (χ0v) is 10.2. The molecule has 0 radical (unpaired) electrons. The Labute approximate surface area is 106 Å². The van der Waals surface area contributed by atoms with E-state index in [1.807, 2.05) is 30.3 Å². The van der Waals surface area contributed by atoms with Crippen LogP contribution in [-0.4, -0.2) is 37.1 Å². The Morgan fingerprint density at radius 2 is 1.88 bits per heavy atom. The number of carbonyl (C=O) groups excluding carboxylic acids is 1. The molecular weight excluding hydrogens is 238 g/mol. The quantitative estimate of drug-likeness (QED) is 0.754. The molecule has 4 heteroatoms. The third-order valence-electron chi connectivity index (χ3n) is 2.60. The Hall–Kier alpha value is -1.32. The van der Waals surface area contributed by atoms with Gasteiger partial charge in [-0.25, -0.2) is 0 Å². The van der Waals surface area contributed by atoms with E-state index < -0.39 is 0 Å². The number of benzene rings is 1. The Morgan fingerprint density at radius 1 is 1.24 bits per heavy atom. The minimum atomic E-state index is -0.126. The fourth-order valence-electron chi connectivity index (χ4n) is 1.67. The van der Waals surface area contributed by atoms with E-state index >= 15 is 0 Å². The molecule has 1 aromatic rings. The number of nitrogens with zero attached hydrogens (tertiary/aromatic N) is 1. The molecule has 1 aromatic carbocycles. The van der Waals surface area contributed by atoms with Gasteiger partial charge in [0, 0.05) is 13.1 Å². The van der Waals surface area contributed by atoms with E-state index in [1.165, 1.54) is 0 Å². The van der Waals surface area contributed by atoms with Crippen molar-refractivity contribution in [1.82, 2.24) is 4.90 Å². The number of ether oxygens (including phenoxy) is 1. The number of rotatable bonds is 2. The first kappa shape index (κ1) is 12.1. The number of hydrogen-bond donors (Lipinski definition) is 0. The Balaban J connectivity index is 2.06. The van der Waals surface area contributed by atoms with Gasteiger partial charge < -0.3 is 9.64 Å². The van der Waals surface area contributed by atoms with Crippen molar-refractivity contribution in [2.45, 2.75) is 0 Å². The highest BCUT2D eigenvalue weighted by atomic mass is 35.5. The monoisotopic (exact) mass is 251 g/mol. The van der Waals surface area contributed by atoms with Gasteiger partial charge in [-0.3, -0.25) is 4.79 Å². The smallest absolute Gasteiger partial charge is 0.265 e. The number of amides is 1. The van der Waals surface area contributed by atoms with Crippen LogP contribution in [0.25, 0.3) is 6.08 Å². The van der Waals surface area contributed by atoms with Crippen LogP contribution in [-0.2, 0) is 9.53 Å². The lowest BCUT2D eigenvalue weighted by Gasteiger charge is -2.26. The van der Waals surface area contributed by atoms with Gasteiger partial charge in [0.2, 0.25) is 0 Å². The summed E-state index contributed by atoms with van der Waals surface area (Å²) in [5.74, 6) is -0.126. The van der Waals surface area contributed by atoms with Gasteiger partial charge >= 0.3 is 0 Å². The number of hydrogen-bond acceptors (Lipinski definition) is 2. The van der Waals surface area contributed by atoms with Gasteiger partial charge in [0.05, 0.1) is 13.2 Å². The van der Waals surface area contributed by atoms with Crippen molar-refractivity contribution in [3.05, 3.63) is 40.9 Å². The summed E-state index contributed by atoms with van der Waals surface area (Å²) in [6.07, 6.45) is 1.69. The van der Waals surface area contributed by atoms with Gasteiger partial charge in [-0.2, -0.15) is 0 Å². The number of morpholine rings is 1. The summed E-state index contributed by atoms with van der Waals surface area (Å²) in [5.41, 5.74) is 0.930. The molecule has 1 fully saturated rings. The van der Waals surface area contributed by atoms with Crippen LogP contribution in [0.2, 0.25) is 0 Å². The van der Waals surface area contributed by atoms with Crippen LogP contribution in [0.5, 0.6) is 0 Å². The van der Waals surface area contributed by atoms with E-state index in [1.54, 1.807) is 11.0 Å². The van der Waals surface area contributed by atoms with Crippen LogP contribution in [0.15, 0.2) is 35.4 Å². The molecule has 0 N–H and O–H groups in total. The molecule has 0 unspecified atom stereocenters. The maximum atomic E-state index is 12.0. The molecule has 0 bridgehead atoms. The van der Waals surface area contributed by atoms with Gasteiger partial charge in [-0.05, 0) is 11.6 Å². The van der Waals surface area contributed by atoms with Gasteiger partial charge in [0.15, 0.2) is 0 Å². The van der Waals surface area contributed by atoms with E-state index in [0.29, 0.717) is 26.3 Å². The number of carbonyl (C=O) groups is 1. The largest absolute Gasteiger partial charge is 0.378 e. The van der Waals surface area contributed by atoms with Crippen LogP contribution in [0, 0.1) is 0 Å². The lowest BCUT2D eigenvalue weighted by molar-refractivity contribution is -0.130. The summed E-state index contributed by atoms with van der Waals surface area (Å²) in [6.45, 7) is 2.39. The Bertz CT molecular complexity index is 411. The van der Waals surface area contributed by atoms with Crippen LogP contribution < -0.4 is 0 Å². The molecule has 1 heterocycles. The molecular formula is C13H14ClNO2. The lowest BCUT2D eigenvalue weighted by atomic mass is 10.2. The molecule has 0 aliphatic carbocycles. The molecule has 1 amide bonds. The van der Waals surface area contributed by atoms with Crippen LogP contribution >= 0.6 is 11.6 Å². The van der Waals surface area contributed by atoms with E-state index in [0.717, 1.165) is 5.56 Å². The van der Waals surface area contributed by atoms with Crippen molar-refractivity contribution in [2.24, 2.45) is 0 Å². The third-order valence-corrected chi connectivity index (χ3v) is 2.87. The summed E-state index contributed by atoms with van der Waals surface area (Å²) < 4.78 is 5.19. The molecule has 0 saturated carbocycles. The van der Waals surface area contributed by atoms with Gasteiger partial charge in [0.25, 0.3) is 5.91 Å². The summed E-state index contributed by atoms with van der Waals surface area (Å²) in [7, 11) is 0. The van der Waals surface area contributed by atoms with Gasteiger partial charge in [-0.1, -0.05) is 41.9 Å². The van der Waals surface area contributed by atoms with E-state index in [9.17, 15) is 4.79 Å². The summed E-state index contributed by atoms with van der Waals surface area (Å²) >= 11 is 6.03. The second-order valence-corrected chi connectivity index (χ2v) is 4.21. The summed E-state index contributed by atoms with van der Waals surface area (Å²) in [6, 6.07) is 9.57. The van der Waals surface area contributed by atoms with Crippen molar-refractivity contribution in [3.63, 3.8) is 0 Å². The first-order valence-electron chi connectivity index (χ1n) is 5.56. The van der Waals surface area contributed by atoms with Gasteiger partial charge in [-0.15, -0.1) is 0 Å². The lowest BCUT2D eigenvalue weighted by Crippen LogP contribution is -2.40. The predicted octanol–water partition coefficient (Wildman–Crippen LogP) is 2.13. The van der Waals surface area contributed by atoms with E-state index in [2.05, 4.69) is 0 Å². The maximum Gasteiger partial charge on any atom is 0.265 e. The van der Waals surface area contributed by atoms with Crippen molar-refractivity contribution in [2.75, 3.05) is 26.3 Å². The zero-order chi connectivity index (χ0) is 12.1. The molecule has 2 rings (SSSR count). The molecule has 1 saturated heterocycles.